The number of aliphatic carboxylic acids is 1. The number of hydrogen-bond donors (Lipinski definition) is 12. The lowest BCUT2D eigenvalue weighted by Crippen LogP contribution is -2.59. The first-order valence-electron chi connectivity index (χ1n) is 18.9. The highest BCUT2D eigenvalue weighted by Gasteiger charge is 2.38. The van der Waals surface area contributed by atoms with Crippen LogP contribution in [0.3, 0.4) is 0 Å². The molecule has 2 rings (SSSR count). The summed E-state index contributed by atoms with van der Waals surface area (Å²) in [5.74, 6) is -9.25. The molecule has 23 nitrogen and oxygen atoms in total. The number of primary amides is 2. The Morgan fingerprint density at radius 2 is 1.46 bits per heavy atom. The summed E-state index contributed by atoms with van der Waals surface area (Å²) in [6.07, 6.45) is 0.203. The van der Waals surface area contributed by atoms with Gasteiger partial charge in [-0.2, -0.15) is 0 Å². The number of carbonyl (C=O) groups is 9. The Morgan fingerprint density at radius 1 is 0.831 bits per heavy atom. The normalized spacial score (nSPS) is 16.0. The second-order valence-corrected chi connectivity index (χ2v) is 14.3. The first-order chi connectivity index (χ1) is 27.7. The lowest BCUT2D eigenvalue weighted by Gasteiger charge is -2.28. The lowest BCUT2D eigenvalue weighted by molar-refractivity contribution is -0.143. The molecule has 0 spiro atoms. The maximum Gasteiger partial charge on any atom is 0.305 e. The summed E-state index contributed by atoms with van der Waals surface area (Å²) in [4.78, 5) is 120. The number of amides is 8. The van der Waals surface area contributed by atoms with Crippen molar-refractivity contribution in [3.8, 4) is 5.75 Å². The predicted molar refractivity (Wildman–Crippen MR) is 210 cm³/mol. The van der Waals surface area contributed by atoms with Gasteiger partial charge in [0.1, 0.15) is 36.0 Å². The van der Waals surface area contributed by atoms with E-state index in [-0.39, 0.29) is 37.5 Å². The van der Waals surface area contributed by atoms with Gasteiger partial charge in [-0.05, 0) is 55.7 Å². The highest BCUT2D eigenvalue weighted by Crippen LogP contribution is 2.20. The molecule has 1 aromatic rings. The second kappa shape index (κ2) is 23.6. The van der Waals surface area contributed by atoms with Crippen LogP contribution >= 0.6 is 0 Å². The Bertz CT molecular complexity index is 1720. The molecule has 0 aromatic heterocycles. The van der Waals surface area contributed by atoms with E-state index in [1.54, 1.807) is 13.8 Å². The molecule has 0 radical (unpaired) electrons. The Hall–Kier alpha value is -6.52. The molecule has 1 heterocycles. The van der Waals surface area contributed by atoms with Gasteiger partial charge in [0.25, 0.3) is 0 Å². The summed E-state index contributed by atoms with van der Waals surface area (Å²) in [6, 6.07) is -2.40. The third kappa shape index (κ3) is 16.9. The first kappa shape index (κ1) is 48.6. The van der Waals surface area contributed by atoms with E-state index in [1.165, 1.54) is 29.2 Å². The Kier molecular flexibility index (Phi) is 19.5. The average Bonchev–Trinajstić information content (AvgIpc) is 3.65. The number of likely N-dealkylation sites (tertiary alicyclic amines) is 1. The second-order valence-electron chi connectivity index (χ2n) is 14.3. The molecule has 23 heteroatoms. The summed E-state index contributed by atoms with van der Waals surface area (Å²) in [6.45, 7) is 2.93. The molecule has 326 valence electrons. The van der Waals surface area contributed by atoms with Gasteiger partial charge in [0.15, 0.2) is 5.96 Å². The van der Waals surface area contributed by atoms with Crippen molar-refractivity contribution in [2.24, 2.45) is 39.6 Å². The number of hydrogen-bond acceptors (Lipinski definition) is 12. The highest BCUT2D eigenvalue weighted by atomic mass is 16.4. The minimum atomic E-state index is -1.69. The smallest absolute Gasteiger partial charge is 0.305 e. The molecule has 0 unspecified atom stereocenters. The van der Waals surface area contributed by atoms with E-state index >= 15 is 0 Å². The van der Waals surface area contributed by atoms with Gasteiger partial charge < -0.3 is 70.4 Å². The number of rotatable bonds is 24. The van der Waals surface area contributed by atoms with Crippen LogP contribution in [0.25, 0.3) is 0 Å². The number of nitrogens with zero attached hydrogens (tertiary/aromatic N) is 2. The van der Waals surface area contributed by atoms with E-state index in [9.17, 15) is 53.4 Å². The van der Waals surface area contributed by atoms with Crippen LogP contribution in [0.2, 0.25) is 0 Å². The van der Waals surface area contributed by atoms with Gasteiger partial charge in [-0.25, -0.2) is 0 Å². The quantitative estimate of drug-likeness (QED) is 0.0265. The minimum absolute atomic E-state index is 0.0631. The fourth-order valence-electron chi connectivity index (χ4n) is 6.09. The first-order valence-corrected chi connectivity index (χ1v) is 18.9. The van der Waals surface area contributed by atoms with Crippen molar-refractivity contribution in [1.82, 2.24) is 31.5 Å². The fourth-order valence-corrected chi connectivity index (χ4v) is 6.09. The molecule has 1 aliphatic heterocycles. The van der Waals surface area contributed by atoms with Gasteiger partial charge in [0, 0.05) is 19.5 Å². The topological polar surface area (TPSA) is 400 Å². The molecule has 0 aliphatic carbocycles. The van der Waals surface area contributed by atoms with E-state index in [0.29, 0.717) is 31.4 Å². The number of nitrogens with two attached hydrogens (primary N) is 5. The van der Waals surface area contributed by atoms with Crippen LogP contribution in [0.5, 0.6) is 5.75 Å². The van der Waals surface area contributed by atoms with Crippen molar-refractivity contribution in [2.45, 2.75) is 101 Å². The van der Waals surface area contributed by atoms with Crippen molar-refractivity contribution < 1.29 is 53.4 Å². The molecule has 0 bridgehead atoms. The number of phenols is 1. The number of guanidine groups is 1. The zero-order valence-electron chi connectivity index (χ0n) is 33.0. The van der Waals surface area contributed by atoms with Crippen molar-refractivity contribution in [2.75, 3.05) is 19.6 Å². The van der Waals surface area contributed by atoms with Gasteiger partial charge in [-0.3, -0.25) is 48.1 Å². The number of unbranched alkanes of at least 4 members (excludes halogenated alkanes) is 1. The van der Waals surface area contributed by atoms with Gasteiger partial charge >= 0.3 is 5.97 Å². The molecule has 1 aromatic carbocycles. The maximum absolute atomic E-state index is 13.6. The monoisotopic (exact) mass is 832 g/mol. The Labute approximate surface area is 340 Å². The molecular formula is C36H56N12O11. The van der Waals surface area contributed by atoms with Gasteiger partial charge in [0.2, 0.25) is 47.3 Å². The molecule has 6 atom stereocenters. The van der Waals surface area contributed by atoms with Crippen molar-refractivity contribution in [3.05, 3.63) is 29.8 Å². The van der Waals surface area contributed by atoms with E-state index in [0.717, 1.165) is 0 Å². The number of phenolic OH excluding ortho intramolecular Hbond substituents is 1. The number of benzene rings is 1. The standard InChI is InChI=1S/C36H56N12O11/c1-18(2)29(30(39)54)47-33(57)23(15-26(38)50)45-32(56)22(14-19-8-10-20(49)11-9-19)44-27(51)17-43-31(55)24(16-28(52)53)46-34(58)25-7-5-13-48(25)35(59)21(37)6-3-4-12-42-36(40)41/h8-11,18,21-25,29,49H,3-7,12-17,37H2,1-2H3,(H2,38,50)(H2,39,54)(H,43,55)(H,44,51)(H,45,56)(H,46,58)(H,47,57)(H,52,53)(H4,40,41,42)/t21-,22-,23-,24-,25-,29-/m0/s1. The van der Waals surface area contributed by atoms with E-state index in [4.69, 9.17) is 28.7 Å². The average molecular weight is 833 g/mol. The number of nitrogens with one attached hydrogen (secondary N) is 5. The number of carboxylic acids is 1. The third-order valence-corrected chi connectivity index (χ3v) is 9.15. The van der Waals surface area contributed by atoms with E-state index in [2.05, 4.69) is 31.6 Å². The maximum atomic E-state index is 13.6. The lowest BCUT2D eigenvalue weighted by atomic mass is 10.0. The molecular weight excluding hydrogens is 776 g/mol. The third-order valence-electron chi connectivity index (χ3n) is 9.15. The largest absolute Gasteiger partial charge is 0.508 e. The number of carbonyl (C=O) groups excluding carboxylic acids is 8. The van der Waals surface area contributed by atoms with Crippen LogP contribution in [0, 0.1) is 5.92 Å². The zero-order valence-corrected chi connectivity index (χ0v) is 33.0. The molecule has 8 amide bonds. The number of aliphatic imine (C=N–C) groups is 1. The Balaban J connectivity index is 2.16. The SMILES string of the molecule is CC(C)[C@H](NC(=O)[C@H](CC(N)=O)NC(=O)[C@H](Cc1ccc(O)cc1)NC(=O)CNC(=O)[C@H](CC(=O)O)NC(=O)[C@@H]1CCCN1C(=O)[C@@H](N)CCCCN=C(N)N)C(N)=O. The molecule has 0 saturated carbocycles. The van der Waals surface area contributed by atoms with E-state index in [1.807, 2.05) is 0 Å². The molecule has 1 fully saturated rings. The summed E-state index contributed by atoms with van der Waals surface area (Å²) in [5, 5.41) is 30.9. The van der Waals surface area contributed by atoms with Crippen LogP contribution in [0.4, 0.5) is 0 Å². The molecule has 59 heavy (non-hydrogen) atoms. The zero-order chi connectivity index (χ0) is 44.4. The van der Waals surface area contributed by atoms with Crippen LogP contribution in [0.1, 0.15) is 64.4 Å². The van der Waals surface area contributed by atoms with Crippen LogP contribution in [0.15, 0.2) is 29.3 Å². The summed E-state index contributed by atoms with van der Waals surface area (Å²) >= 11 is 0. The van der Waals surface area contributed by atoms with Gasteiger partial charge in [0.05, 0.1) is 25.4 Å². The summed E-state index contributed by atoms with van der Waals surface area (Å²) in [7, 11) is 0. The Morgan fingerprint density at radius 3 is 2.03 bits per heavy atom. The van der Waals surface area contributed by atoms with Crippen LogP contribution in [-0.4, -0.2) is 130 Å². The van der Waals surface area contributed by atoms with Crippen molar-refractivity contribution in [3.63, 3.8) is 0 Å². The van der Waals surface area contributed by atoms with Gasteiger partial charge in [-0.1, -0.05) is 26.0 Å². The molecule has 17 N–H and O–H groups in total. The van der Waals surface area contributed by atoms with Crippen molar-refractivity contribution in [1.29, 1.82) is 0 Å². The van der Waals surface area contributed by atoms with Crippen molar-refractivity contribution >= 4 is 59.2 Å². The number of carboxylic acid groups (broad SMARTS) is 1. The summed E-state index contributed by atoms with van der Waals surface area (Å²) < 4.78 is 0. The minimum Gasteiger partial charge on any atom is -0.508 e. The highest BCUT2D eigenvalue weighted by molar-refractivity contribution is 5.98. The molecule has 1 aliphatic rings. The van der Waals surface area contributed by atoms with Crippen LogP contribution in [-0.2, 0) is 49.6 Å². The summed E-state index contributed by atoms with van der Waals surface area (Å²) in [5.41, 5.74) is 27.8. The molecule has 1 saturated heterocycles. The number of aromatic hydroxyl groups is 1. The predicted octanol–water partition coefficient (Wildman–Crippen LogP) is -4.76. The fraction of sp³-hybridized carbons (Fsp3) is 0.556. The van der Waals surface area contributed by atoms with Gasteiger partial charge in [-0.15, -0.1) is 0 Å². The van der Waals surface area contributed by atoms with Crippen LogP contribution < -0.4 is 55.3 Å². The van der Waals surface area contributed by atoms with E-state index < -0.39 is 115 Å².